The van der Waals surface area contributed by atoms with E-state index in [2.05, 4.69) is 25.8 Å². The molecule has 1 amide bonds. The summed E-state index contributed by atoms with van der Waals surface area (Å²) < 4.78 is 15.4. The Morgan fingerprint density at radius 2 is 2.07 bits per heavy atom. The molecule has 0 aliphatic heterocycles. The van der Waals surface area contributed by atoms with E-state index < -0.39 is 8.25 Å². The van der Waals surface area contributed by atoms with Crippen LogP contribution in [0.5, 0.6) is 0 Å². The number of rotatable bonds is 4. The standard InChI is InChI=1S/C8H9BrNO4P/c9-7-3-1-6(2-4-7)8(11)10-5-14-15(12)13/h1-4,15H,5H2,(H,10,11)(H,12,13). The SMILES string of the molecule is O=C(NCO[PH](=O)O)c1ccc(Br)cc1. The van der Waals surface area contributed by atoms with Crippen LogP contribution >= 0.6 is 24.2 Å². The average Bonchev–Trinajstić information content (AvgIpc) is 2.18. The van der Waals surface area contributed by atoms with Crippen LogP contribution in [0.1, 0.15) is 10.4 Å². The van der Waals surface area contributed by atoms with Crippen LogP contribution in [0.15, 0.2) is 28.7 Å². The summed E-state index contributed by atoms with van der Waals surface area (Å²) in [4.78, 5) is 19.7. The molecule has 1 aromatic carbocycles. The Labute approximate surface area is 95.5 Å². The Morgan fingerprint density at radius 3 is 2.60 bits per heavy atom. The second-order valence-corrected chi connectivity index (χ2v) is 4.30. The molecule has 2 N–H and O–H groups in total. The number of halogens is 1. The summed E-state index contributed by atoms with van der Waals surface area (Å²) in [6.07, 6.45) is 0. The highest BCUT2D eigenvalue weighted by atomic mass is 79.9. The Morgan fingerprint density at radius 1 is 1.47 bits per heavy atom. The number of hydrogen-bond donors (Lipinski definition) is 2. The van der Waals surface area contributed by atoms with Crippen molar-refractivity contribution in [1.29, 1.82) is 0 Å². The molecule has 0 radical (unpaired) electrons. The van der Waals surface area contributed by atoms with Crippen molar-refractivity contribution in [1.82, 2.24) is 5.32 Å². The topological polar surface area (TPSA) is 75.6 Å². The van der Waals surface area contributed by atoms with E-state index in [-0.39, 0.29) is 12.6 Å². The number of hydrogen-bond acceptors (Lipinski definition) is 3. The van der Waals surface area contributed by atoms with Crippen LogP contribution in [0.4, 0.5) is 0 Å². The molecule has 0 spiro atoms. The van der Waals surface area contributed by atoms with Gasteiger partial charge in [0.15, 0.2) is 0 Å². The zero-order valence-corrected chi connectivity index (χ0v) is 10.2. The van der Waals surface area contributed by atoms with Crippen molar-refractivity contribution < 1.29 is 18.8 Å². The fraction of sp³-hybridized carbons (Fsp3) is 0.125. The van der Waals surface area contributed by atoms with Gasteiger partial charge in [-0.05, 0) is 24.3 Å². The number of carbonyl (C=O) groups is 1. The van der Waals surface area contributed by atoms with Crippen LogP contribution in [0, 0.1) is 0 Å². The van der Waals surface area contributed by atoms with Crippen molar-refractivity contribution in [3.05, 3.63) is 34.3 Å². The minimum Gasteiger partial charge on any atom is -0.329 e. The summed E-state index contributed by atoms with van der Waals surface area (Å²) in [5, 5.41) is 2.34. The molecule has 1 unspecified atom stereocenters. The predicted octanol–water partition coefficient (Wildman–Crippen LogP) is 1.53. The quantitative estimate of drug-likeness (QED) is 0.652. The number of benzene rings is 1. The Hall–Kier alpha value is -0.680. The first-order valence-electron chi connectivity index (χ1n) is 3.99. The van der Waals surface area contributed by atoms with Gasteiger partial charge in [-0.3, -0.25) is 13.9 Å². The monoisotopic (exact) mass is 293 g/mol. The normalized spacial score (nSPS) is 12.1. The maximum atomic E-state index is 11.4. The molecule has 0 saturated carbocycles. The number of amides is 1. The first-order valence-corrected chi connectivity index (χ1v) is 6.05. The second-order valence-electron chi connectivity index (χ2n) is 2.57. The van der Waals surface area contributed by atoms with Crippen molar-refractivity contribution in [3.8, 4) is 0 Å². The van der Waals surface area contributed by atoms with E-state index in [0.717, 1.165) is 4.47 Å². The van der Waals surface area contributed by atoms with E-state index in [1.54, 1.807) is 24.3 Å². The van der Waals surface area contributed by atoms with Gasteiger partial charge >= 0.3 is 8.25 Å². The second kappa shape index (κ2) is 6.02. The molecule has 0 saturated heterocycles. The van der Waals surface area contributed by atoms with Crippen molar-refractivity contribution >= 4 is 30.1 Å². The molecule has 1 atom stereocenters. The molecule has 0 aliphatic rings. The summed E-state index contributed by atoms with van der Waals surface area (Å²) in [6.45, 7) is -0.275. The molecule has 7 heteroatoms. The smallest absolute Gasteiger partial charge is 0.318 e. The lowest BCUT2D eigenvalue weighted by atomic mass is 10.2. The lowest BCUT2D eigenvalue weighted by Gasteiger charge is -2.04. The molecule has 0 bridgehead atoms. The van der Waals surface area contributed by atoms with E-state index in [1.165, 1.54) is 0 Å². The highest BCUT2D eigenvalue weighted by Gasteiger charge is 2.04. The first kappa shape index (κ1) is 12.4. The lowest BCUT2D eigenvalue weighted by Crippen LogP contribution is -2.24. The Bertz CT molecular complexity index is 367. The van der Waals surface area contributed by atoms with Crippen molar-refractivity contribution in [2.45, 2.75) is 0 Å². The van der Waals surface area contributed by atoms with Crippen LogP contribution in [0.2, 0.25) is 0 Å². The highest BCUT2D eigenvalue weighted by molar-refractivity contribution is 9.10. The zero-order valence-electron chi connectivity index (χ0n) is 7.57. The zero-order chi connectivity index (χ0) is 11.3. The van der Waals surface area contributed by atoms with Gasteiger partial charge in [-0.15, -0.1) is 0 Å². The van der Waals surface area contributed by atoms with Gasteiger partial charge in [-0.25, -0.2) is 0 Å². The fourth-order valence-corrected chi connectivity index (χ4v) is 1.33. The summed E-state index contributed by atoms with van der Waals surface area (Å²) in [6, 6.07) is 6.71. The maximum absolute atomic E-state index is 11.4. The van der Waals surface area contributed by atoms with Gasteiger partial charge in [-0.1, -0.05) is 15.9 Å². The van der Waals surface area contributed by atoms with E-state index in [0.29, 0.717) is 5.56 Å². The van der Waals surface area contributed by atoms with Crippen molar-refractivity contribution in [2.24, 2.45) is 0 Å². The molecule has 5 nitrogen and oxygen atoms in total. The van der Waals surface area contributed by atoms with Crippen LogP contribution in [0.25, 0.3) is 0 Å². The van der Waals surface area contributed by atoms with Crippen molar-refractivity contribution in [2.75, 3.05) is 6.73 Å². The molecule has 1 rings (SSSR count). The lowest BCUT2D eigenvalue weighted by molar-refractivity contribution is 0.0918. The average molecular weight is 294 g/mol. The minimum absolute atomic E-state index is 0.275. The van der Waals surface area contributed by atoms with E-state index >= 15 is 0 Å². The van der Waals surface area contributed by atoms with Crippen LogP contribution in [-0.2, 0) is 9.09 Å². The molecule has 1 aromatic rings. The van der Waals surface area contributed by atoms with Gasteiger partial charge in [0.25, 0.3) is 5.91 Å². The van der Waals surface area contributed by atoms with Crippen LogP contribution < -0.4 is 5.32 Å². The van der Waals surface area contributed by atoms with Crippen molar-refractivity contribution in [3.63, 3.8) is 0 Å². The van der Waals surface area contributed by atoms with E-state index in [1.807, 2.05) is 0 Å². The summed E-state index contributed by atoms with van der Waals surface area (Å²) in [5.74, 6) is -0.356. The van der Waals surface area contributed by atoms with Gasteiger partial charge < -0.3 is 10.2 Å². The summed E-state index contributed by atoms with van der Waals surface area (Å²) >= 11 is 3.24. The molecule has 82 valence electrons. The molecule has 0 fully saturated rings. The molecule has 15 heavy (non-hydrogen) atoms. The summed E-state index contributed by atoms with van der Waals surface area (Å²) in [7, 11) is -2.99. The van der Waals surface area contributed by atoms with Gasteiger partial charge in [-0.2, -0.15) is 0 Å². The third-order valence-electron chi connectivity index (χ3n) is 1.53. The van der Waals surface area contributed by atoms with Crippen LogP contribution in [-0.4, -0.2) is 17.5 Å². The molecular weight excluding hydrogens is 285 g/mol. The first-order chi connectivity index (χ1) is 7.09. The summed E-state index contributed by atoms with van der Waals surface area (Å²) in [5.41, 5.74) is 0.458. The van der Waals surface area contributed by atoms with E-state index in [9.17, 15) is 9.36 Å². The predicted molar refractivity (Wildman–Crippen MR) is 58.8 cm³/mol. The molecule has 0 heterocycles. The maximum Gasteiger partial charge on any atom is 0.318 e. The van der Waals surface area contributed by atoms with E-state index in [4.69, 9.17) is 4.89 Å². The third-order valence-corrected chi connectivity index (χ3v) is 2.45. The largest absolute Gasteiger partial charge is 0.329 e. The van der Waals surface area contributed by atoms with Gasteiger partial charge in [0.05, 0.1) is 0 Å². The van der Waals surface area contributed by atoms with Gasteiger partial charge in [0.1, 0.15) is 6.73 Å². The molecular formula is C8H9BrNO4P. The third kappa shape index (κ3) is 4.57. The number of nitrogens with one attached hydrogen (secondary N) is 1. The Kier molecular flexibility index (Phi) is 4.98. The number of carbonyl (C=O) groups excluding carboxylic acids is 1. The van der Waals surface area contributed by atoms with Gasteiger partial charge in [0, 0.05) is 10.0 Å². The fourth-order valence-electron chi connectivity index (χ4n) is 0.867. The Balaban J connectivity index is 2.47. The highest BCUT2D eigenvalue weighted by Crippen LogP contribution is 2.13. The van der Waals surface area contributed by atoms with Crippen LogP contribution in [0.3, 0.4) is 0 Å². The minimum atomic E-state index is -2.99. The molecule has 0 aromatic heterocycles. The van der Waals surface area contributed by atoms with Gasteiger partial charge in [0.2, 0.25) is 0 Å². The molecule has 0 aliphatic carbocycles.